The summed E-state index contributed by atoms with van der Waals surface area (Å²) in [5, 5.41) is 10.4. The van der Waals surface area contributed by atoms with Gasteiger partial charge in [0.25, 0.3) is 0 Å². The van der Waals surface area contributed by atoms with Gasteiger partial charge in [-0.15, -0.1) is 0 Å². The van der Waals surface area contributed by atoms with Crippen LogP contribution in [0.25, 0.3) is 0 Å². The van der Waals surface area contributed by atoms with Crippen molar-refractivity contribution in [3.63, 3.8) is 0 Å². The third-order valence-electron chi connectivity index (χ3n) is 4.94. The first-order chi connectivity index (χ1) is 12.9. The first-order valence-electron chi connectivity index (χ1n) is 9.72. The molecule has 1 atom stereocenters. The SMILES string of the molecule is CC(C)(C)c1ccccc1OC[C@H](O)CN1CCN(c2ccccn2)CC1. The molecule has 1 N–H and O–H groups in total. The van der Waals surface area contributed by atoms with Crippen LogP contribution in [-0.2, 0) is 5.41 Å². The largest absolute Gasteiger partial charge is 0.491 e. The molecule has 5 heteroatoms. The summed E-state index contributed by atoms with van der Waals surface area (Å²) in [7, 11) is 0. The molecule has 3 rings (SSSR count). The summed E-state index contributed by atoms with van der Waals surface area (Å²) in [4.78, 5) is 9.00. The van der Waals surface area contributed by atoms with E-state index in [1.54, 1.807) is 0 Å². The van der Waals surface area contributed by atoms with Crippen LogP contribution in [0.5, 0.6) is 5.75 Å². The first kappa shape index (κ1) is 19.6. The molecule has 0 amide bonds. The number of nitrogens with zero attached hydrogens (tertiary/aromatic N) is 3. The quantitative estimate of drug-likeness (QED) is 0.848. The van der Waals surface area contributed by atoms with Gasteiger partial charge in [0.15, 0.2) is 0 Å². The van der Waals surface area contributed by atoms with E-state index in [1.807, 2.05) is 42.6 Å². The fraction of sp³-hybridized carbons (Fsp3) is 0.500. The minimum absolute atomic E-state index is 0.0172. The molecule has 0 aliphatic carbocycles. The molecule has 1 aliphatic rings. The fourth-order valence-corrected chi connectivity index (χ4v) is 3.45. The number of piperazine rings is 1. The van der Waals surface area contributed by atoms with E-state index in [1.165, 1.54) is 5.56 Å². The lowest BCUT2D eigenvalue weighted by Gasteiger charge is -2.36. The third-order valence-corrected chi connectivity index (χ3v) is 4.94. The molecule has 0 bridgehead atoms. The number of benzene rings is 1. The van der Waals surface area contributed by atoms with E-state index >= 15 is 0 Å². The normalized spacial score (nSPS) is 17.0. The Morgan fingerprint density at radius 1 is 1.04 bits per heavy atom. The number of aromatic nitrogens is 1. The molecule has 0 saturated carbocycles. The Hall–Kier alpha value is -2.11. The van der Waals surface area contributed by atoms with E-state index in [-0.39, 0.29) is 5.41 Å². The van der Waals surface area contributed by atoms with Crippen LogP contribution in [0.2, 0.25) is 0 Å². The van der Waals surface area contributed by atoms with Crippen LogP contribution in [0.4, 0.5) is 5.82 Å². The van der Waals surface area contributed by atoms with Crippen molar-refractivity contribution in [3.8, 4) is 5.75 Å². The minimum Gasteiger partial charge on any atom is -0.491 e. The standard InChI is InChI=1S/C22H31N3O2/c1-22(2,3)19-8-4-5-9-20(19)27-17-18(26)16-24-12-14-25(15-13-24)21-10-6-7-11-23-21/h4-11,18,26H,12-17H2,1-3H3/t18-/m1/s1. The first-order valence-corrected chi connectivity index (χ1v) is 9.72. The minimum atomic E-state index is -0.501. The fourth-order valence-electron chi connectivity index (χ4n) is 3.45. The molecular formula is C22H31N3O2. The summed E-state index contributed by atoms with van der Waals surface area (Å²) in [6.45, 7) is 11.2. The monoisotopic (exact) mass is 369 g/mol. The van der Waals surface area contributed by atoms with Gasteiger partial charge in [0.05, 0.1) is 0 Å². The maximum atomic E-state index is 10.4. The molecule has 2 aromatic rings. The topological polar surface area (TPSA) is 48.8 Å². The predicted molar refractivity (Wildman–Crippen MR) is 110 cm³/mol. The van der Waals surface area contributed by atoms with Gasteiger partial charge in [0.2, 0.25) is 0 Å². The summed E-state index contributed by atoms with van der Waals surface area (Å²) in [5.74, 6) is 1.89. The zero-order valence-corrected chi connectivity index (χ0v) is 16.6. The smallest absolute Gasteiger partial charge is 0.128 e. The molecule has 1 aliphatic heterocycles. The van der Waals surface area contributed by atoms with Gasteiger partial charge in [-0.1, -0.05) is 45.0 Å². The molecule has 0 unspecified atom stereocenters. The highest BCUT2D eigenvalue weighted by molar-refractivity contribution is 5.39. The van der Waals surface area contributed by atoms with E-state index in [0.29, 0.717) is 13.2 Å². The Morgan fingerprint density at radius 3 is 2.41 bits per heavy atom. The van der Waals surface area contributed by atoms with Crippen LogP contribution in [0.3, 0.4) is 0 Å². The van der Waals surface area contributed by atoms with E-state index in [2.05, 4.69) is 41.6 Å². The number of pyridine rings is 1. The van der Waals surface area contributed by atoms with E-state index in [0.717, 1.165) is 37.7 Å². The Labute approximate surface area is 162 Å². The number of ether oxygens (including phenoxy) is 1. The number of β-amino-alcohol motifs (C(OH)–C–C–N with tert-alkyl or cyclic N) is 1. The van der Waals surface area contributed by atoms with E-state index < -0.39 is 6.10 Å². The van der Waals surface area contributed by atoms with Crippen molar-refractivity contribution in [1.29, 1.82) is 0 Å². The number of aliphatic hydroxyl groups is 1. The zero-order valence-electron chi connectivity index (χ0n) is 16.6. The van der Waals surface area contributed by atoms with Crippen LogP contribution in [0.15, 0.2) is 48.7 Å². The zero-order chi connectivity index (χ0) is 19.3. The van der Waals surface area contributed by atoms with Crippen LogP contribution in [0.1, 0.15) is 26.3 Å². The third kappa shape index (κ3) is 5.44. The van der Waals surface area contributed by atoms with Crippen LogP contribution in [-0.4, -0.2) is 60.4 Å². The summed E-state index contributed by atoms with van der Waals surface area (Å²) in [6, 6.07) is 14.1. The van der Waals surface area contributed by atoms with Crippen molar-refractivity contribution in [2.45, 2.75) is 32.3 Å². The van der Waals surface area contributed by atoms with Gasteiger partial charge in [-0.05, 0) is 29.2 Å². The second kappa shape index (κ2) is 8.72. The molecule has 27 heavy (non-hydrogen) atoms. The van der Waals surface area contributed by atoms with Gasteiger partial charge in [0, 0.05) is 38.9 Å². The van der Waals surface area contributed by atoms with Crippen molar-refractivity contribution in [2.24, 2.45) is 0 Å². The van der Waals surface area contributed by atoms with Crippen molar-refractivity contribution in [2.75, 3.05) is 44.2 Å². The highest BCUT2D eigenvalue weighted by Gasteiger charge is 2.22. The van der Waals surface area contributed by atoms with Crippen LogP contribution >= 0.6 is 0 Å². The number of rotatable bonds is 6. The van der Waals surface area contributed by atoms with Crippen molar-refractivity contribution >= 4 is 5.82 Å². The molecule has 2 heterocycles. The van der Waals surface area contributed by atoms with Gasteiger partial charge < -0.3 is 14.7 Å². The number of hydrogen-bond acceptors (Lipinski definition) is 5. The highest BCUT2D eigenvalue weighted by atomic mass is 16.5. The number of para-hydroxylation sites is 1. The van der Waals surface area contributed by atoms with E-state index in [4.69, 9.17) is 4.74 Å². The lowest BCUT2D eigenvalue weighted by Crippen LogP contribution is -2.49. The maximum Gasteiger partial charge on any atom is 0.128 e. The Bertz CT molecular complexity index is 707. The van der Waals surface area contributed by atoms with Gasteiger partial charge in [-0.2, -0.15) is 0 Å². The molecule has 1 aromatic carbocycles. The van der Waals surface area contributed by atoms with Gasteiger partial charge in [-0.3, -0.25) is 4.90 Å². The molecule has 0 spiro atoms. The Morgan fingerprint density at radius 2 is 1.74 bits per heavy atom. The summed E-state index contributed by atoms with van der Waals surface area (Å²) >= 11 is 0. The summed E-state index contributed by atoms with van der Waals surface area (Å²) in [6.07, 6.45) is 1.33. The number of aliphatic hydroxyl groups excluding tert-OH is 1. The van der Waals surface area contributed by atoms with Crippen molar-refractivity contribution in [1.82, 2.24) is 9.88 Å². The highest BCUT2D eigenvalue weighted by Crippen LogP contribution is 2.31. The van der Waals surface area contributed by atoms with Crippen molar-refractivity contribution < 1.29 is 9.84 Å². The van der Waals surface area contributed by atoms with E-state index in [9.17, 15) is 5.11 Å². The van der Waals surface area contributed by atoms with Crippen LogP contribution in [0, 0.1) is 0 Å². The number of anilines is 1. The average Bonchev–Trinajstić information content (AvgIpc) is 2.67. The van der Waals surface area contributed by atoms with Crippen LogP contribution < -0.4 is 9.64 Å². The Balaban J connectivity index is 1.46. The molecule has 1 saturated heterocycles. The molecular weight excluding hydrogens is 338 g/mol. The second-order valence-electron chi connectivity index (χ2n) is 8.19. The lowest BCUT2D eigenvalue weighted by molar-refractivity contribution is 0.0656. The second-order valence-corrected chi connectivity index (χ2v) is 8.19. The molecule has 5 nitrogen and oxygen atoms in total. The average molecular weight is 370 g/mol. The molecule has 1 fully saturated rings. The predicted octanol–water partition coefficient (Wildman–Crippen LogP) is 2.94. The molecule has 146 valence electrons. The Kier molecular flexibility index (Phi) is 6.34. The van der Waals surface area contributed by atoms with Gasteiger partial charge in [-0.25, -0.2) is 4.98 Å². The van der Waals surface area contributed by atoms with Gasteiger partial charge >= 0.3 is 0 Å². The van der Waals surface area contributed by atoms with Crippen molar-refractivity contribution in [3.05, 3.63) is 54.2 Å². The maximum absolute atomic E-state index is 10.4. The summed E-state index contributed by atoms with van der Waals surface area (Å²) in [5.41, 5.74) is 1.18. The lowest BCUT2D eigenvalue weighted by atomic mass is 9.86. The number of hydrogen-bond donors (Lipinski definition) is 1. The molecule has 0 radical (unpaired) electrons. The van der Waals surface area contributed by atoms with Gasteiger partial charge in [0.1, 0.15) is 24.3 Å². The molecule has 1 aromatic heterocycles. The summed E-state index contributed by atoms with van der Waals surface area (Å²) < 4.78 is 5.96.